The van der Waals surface area contributed by atoms with Gasteiger partial charge in [-0.15, -0.1) is 11.6 Å². The van der Waals surface area contributed by atoms with E-state index in [1.165, 1.54) is 19.2 Å². The molecule has 0 aromatic heterocycles. The molecule has 0 aliphatic carbocycles. The lowest BCUT2D eigenvalue weighted by molar-refractivity contribution is 0.281. The van der Waals surface area contributed by atoms with E-state index >= 15 is 0 Å². The summed E-state index contributed by atoms with van der Waals surface area (Å²) in [7, 11) is 1.52. The summed E-state index contributed by atoms with van der Waals surface area (Å²) in [6.45, 7) is 0.0267. The number of para-hydroxylation sites is 1. The molecule has 5 heteroatoms. The number of hydrogen-bond donors (Lipinski definition) is 0. The molecular weight excluding hydrogens is 286 g/mol. The quantitative estimate of drug-likeness (QED) is 0.767. The van der Waals surface area contributed by atoms with E-state index < -0.39 is 11.6 Å². The van der Waals surface area contributed by atoms with Gasteiger partial charge in [0, 0.05) is 11.6 Å². The van der Waals surface area contributed by atoms with Gasteiger partial charge in [-0.05, 0) is 23.8 Å². The maximum absolute atomic E-state index is 13.1. The molecular formula is C15H13ClF2O2. The van der Waals surface area contributed by atoms with Gasteiger partial charge in [0.25, 0.3) is 0 Å². The van der Waals surface area contributed by atoms with E-state index in [0.717, 1.165) is 11.6 Å². The Hall–Kier alpha value is -1.81. The minimum Gasteiger partial charge on any atom is -0.493 e. The van der Waals surface area contributed by atoms with Gasteiger partial charge in [0.05, 0.1) is 13.0 Å². The Kier molecular flexibility index (Phi) is 4.79. The lowest BCUT2D eigenvalue weighted by atomic mass is 10.2. The van der Waals surface area contributed by atoms with Crippen LogP contribution in [0.2, 0.25) is 0 Å². The fraction of sp³-hybridized carbons (Fsp3) is 0.200. The summed E-state index contributed by atoms with van der Waals surface area (Å²) in [6.07, 6.45) is 0. The predicted octanol–water partition coefficient (Wildman–Crippen LogP) is 4.29. The van der Waals surface area contributed by atoms with Crippen LogP contribution in [0.3, 0.4) is 0 Å². The maximum Gasteiger partial charge on any atom is 0.166 e. The van der Waals surface area contributed by atoms with Crippen molar-refractivity contribution in [3.05, 3.63) is 59.2 Å². The third kappa shape index (κ3) is 3.39. The lowest BCUT2D eigenvalue weighted by Crippen LogP contribution is -2.01. The molecule has 0 saturated carbocycles. The third-order valence-corrected chi connectivity index (χ3v) is 3.02. The molecule has 20 heavy (non-hydrogen) atoms. The SMILES string of the molecule is COc1cccc(CCl)c1OCc1cc(F)cc(F)c1. The van der Waals surface area contributed by atoms with Crippen LogP contribution in [-0.4, -0.2) is 7.11 Å². The van der Waals surface area contributed by atoms with E-state index in [4.69, 9.17) is 21.1 Å². The average molecular weight is 299 g/mol. The summed E-state index contributed by atoms with van der Waals surface area (Å²) in [5.74, 6) is -0.0126. The second-order valence-electron chi connectivity index (χ2n) is 4.15. The highest BCUT2D eigenvalue weighted by atomic mass is 35.5. The first-order valence-corrected chi connectivity index (χ1v) is 6.47. The van der Waals surface area contributed by atoms with Crippen LogP contribution in [0.4, 0.5) is 8.78 Å². The molecule has 0 radical (unpaired) electrons. The zero-order chi connectivity index (χ0) is 14.5. The second kappa shape index (κ2) is 6.57. The van der Waals surface area contributed by atoms with E-state index in [2.05, 4.69) is 0 Å². The Morgan fingerprint density at radius 3 is 2.40 bits per heavy atom. The maximum atomic E-state index is 13.1. The summed E-state index contributed by atoms with van der Waals surface area (Å²) >= 11 is 5.84. The Balaban J connectivity index is 2.22. The Morgan fingerprint density at radius 2 is 1.80 bits per heavy atom. The van der Waals surface area contributed by atoms with E-state index in [-0.39, 0.29) is 12.5 Å². The van der Waals surface area contributed by atoms with E-state index in [9.17, 15) is 8.78 Å². The van der Waals surface area contributed by atoms with Crippen LogP contribution in [0.1, 0.15) is 11.1 Å². The van der Waals surface area contributed by atoms with E-state index in [1.54, 1.807) is 18.2 Å². The molecule has 0 heterocycles. The normalized spacial score (nSPS) is 10.4. The first-order chi connectivity index (χ1) is 9.63. The Morgan fingerprint density at radius 1 is 1.10 bits per heavy atom. The van der Waals surface area contributed by atoms with Crippen molar-refractivity contribution in [3.8, 4) is 11.5 Å². The zero-order valence-corrected chi connectivity index (χ0v) is 11.6. The number of halogens is 3. The van der Waals surface area contributed by atoms with Crippen molar-refractivity contribution < 1.29 is 18.3 Å². The first kappa shape index (κ1) is 14.6. The lowest BCUT2D eigenvalue weighted by Gasteiger charge is -2.14. The summed E-state index contributed by atoms with van der Waals surface area (Å²) in [5, 5.41) is 0. The number of ether oxygens (including phenoxy) is 2. The first-order valence-electron chi connectivity index (χ1n) is 5.93. The van der Waals surface area contributed by atoms with E-state index in [1.807, 2.05) is 0 Å². The van der Waals surface area contributed by atoms with Gasteiger partial charge in [-0.25, -0.2) is 8.78 Å². The molecule has 2 rings (SSSR count). The fourth-order valence-corrected chi connectivity index (χ4v) is 2.05. The van der Waals surface area contributed by atoms with Crippen LogP contribution >= 0.6 is 11.6 Å². The van der Waals surface area contributed by atoms with Crippen LogP contribution in [0.5, 0.6) is 11.5 Å². The van der Waals surface area contributed by atoms with Gasteiger partial charge in [0.2, 0.25) is 0 Å². The highest BCUT2D eigenvalue weighted by Gasteiger charge is 2.10. The van der Waals surface area contributed by atoms with Crippen LogP contribution in [0.25, 0.3) is 0 Å². The topological polar surface area (TPSA) is 18.5 Å². The molecule has 0 unspecified atom stereocenters. The number of rotatable bonds is 5. The van der Waals surface area contributed by atoms with Gasteiger partial charge in [0.15, 0.2) is 11.5 Å². The number of alkyl halides is 1. The standard InChI is InChI=1S/C15H13ClF2O2/c1-19-14-4-2-3-11(8-16)15(14)20-9-10-5-12(17)7-13(18)6-10/h2-7H,8-9H2,1H3. The summed E-state index contributed by atoms with van der Waals surface area (Å²) in [6, 6.07) is 8.59. The molecule has 2 aromatic rings. The molecule has 0 bridgehead atoms. The molecule has 0 saturated heterocycles. The van der Waals surface area contributed by atoms with Gasteiger partial charge in [-0.1, -0.05) is 12.1 Å². The monoisotopic (exact) mass is 298 g/mol. The van der Waals surface area contributed by atoms with Crippen LogP contribution in [-0.2, 0) is 12.5 Å². The molecule has 106 valence electrons. The number of benzene rings is 2. The van der Waals surface area contributed by atoms with Gasteiger partial charge in [-0.3, -0.25) is 0 Å². The number of methoxy groups -OCH3 is 1. The van der Waals surface area contributed by atoms with Crippen LogP contribution < -0.4 is 9.47 Å². The van der Waals surface area contributed by atoms with Crippen molar-refractivity contribution in [1.29, 1.82) is 0 Å². The van der Waals surface area contributed by atoms with Gasteiger partial charge in [0.1, 0.15) is 18.2 Å². The summed E-state index contributed by atoms with van der Waals surface area (Å²) < 4.78 is 37.0. The van der Waals surface area contributed by atoms with Gasteiger partial charge in [-0.2, -0.15) is 0 Å². The van der Waals surface area contributed by atoms with Crippen molar-refractivity contribution in [2.24, 2.45) is 0 Å². The summed E-state index contributed by atoms with van der Waals surface area (Å²) in [5.41, 5.74) is 1.15. The largest absolute Gasteiger partial charge is 0.493 e. The molecule has 0 aliphatic heterocycles. The van der Waals surface area contributed by atoms with Crippen molar-refractivity contribution in [3.63, 3.8) is 0 Å². The Bertz CT molecular complexity index is 560. The van der Waals surface area contributed by atoms with E-state index in [0.29, 0.717) is 17.1 Å². The van der Waals surface area contributed by atoms with Crippen molar-refractivity contribution in [1.82, 2.24) is 0 Å². The minimum atomic E-state index is -0.638. The molecule has 0 fully saturated rings. The Labute approximate surface area is 120 Å². The highest BCUT2D eigenvalue weighted by Crippen LogP contribution is 2.32. The molecule has 0 N–H and O–H groups in total. The smallest absolute Gasteiger partial charge is 0.166 e. The molecule has 2 nitrogen and oxygen atoms in total. The van der Waals surface area contributed by atoms with Crippen molar-refractivity contribution in [2.75, 3.05) is 7.11 Å². The van der Waals surface area contributed by atoms with Crippen molar-refractivity contribution >= 4 is 11.6 Å². The number of hydrogen-bond acceptors (Lipinski definition) is 2. The predicted molar refractivity (Wildman–Crippen MR) is 73.2 cm³/mol. The van der Waals surface area contributed by atoms with Crippen molar-refractivity contribution in [2.45, 2.75) is 12.5 Å². The third-order valence-electron chi connectivity index (χ3n) is 2.73. The molecule has 0 amide bonds. The van der Waals surface area contributed by atoms with Gasteiger partial charge < -0.3 is 9.47 Å². The second-order valence-corrected chi connectivity index (χ2v) is 4.42. The minimum absolute atomic E-state index is 0.0267. The highest BCUT2D eigenvalue weighted by molar-refractivity contribution is 6.17. The van der Waals surface area contributed by atoms with Gasteiger partial charge >= 0.3 is 0 Å². The molecule has 2 aromatic carbocycles. The van der Waals surface area contributed by atoms with Crippen LogP contribution in [0, 0.1) is 11.6 Å². The molecule has 0 spiro atoms. The fourth-order valence-electron chi connectivity index (χ4n) is 1.84. The average Bonchev–Trinajstić information content (AvgIpc) is 2.43. The zero-order valence-electron chi connectivity index (χ0n) is 10.8. The molecule has 0 atom stereocenters. The summed E-state index contributed by atoms with van der Waals surface area (Å²) in [4.78, 5) is 0. The van der Waals surface area contributed by atoms with Crippen LogP contribution in [0.15, 0.2) is 36.4 Å². The molecule has 0 aliphatic rings.